The first-order valence-corrected chi connectivity index (χ1v) is 12.6. The summed E-state index contributed by atoms with van der Waals surface area (Å²) in [5, 5.41) is 12.0. The molecule has 36 heavy (non-hydrogen) atoms. The lowest BCUT2D eigenvalue weighted by Gasteiger charge is -2.23. The van der Waals surface area contributed by atoms with Crippen LogP contribution in [0.3, 0.4) is 0 Å². The van der Waals surface area contributed by atoms with Gasteiger partial charge in [0, 0.05) is 24.7 Å². The summed E-state index contributed by atoms with van der Waals surface area (Å²) in [6, 6.07) is 19.7. The Bertz CT molecular complexity index is 1400. The molecule has 0 unspecified atom stereocenters. The Labute approximate surface area is 212 Å². The number of amides is 1. The second kappa shape index (κ2) is 10.7. The van der Waals surface area contributed by atoms with Gasteiger partial charge in [-0.2, -0.15) is 0 Å². The zero-order valence-electron chi connectivity index (χ0n) is 19.5. The van der Waals surface area contributed by atoms with Crippen molar-refractivity contribution in [1.29, 1.82) is 0 Å². The summed E-state index contributed by atoms with van der Waals surface area (Å²) < 4.78 is 1.92. The summed E-state index contributed by atoms with van der Waals surface area (Å²) in [7, 11) is 0. The van der Waals surface area contributed by atoms with E-state index in [1.54, 1.807) is 6.08 Å². The van der Waals surface area contributed by atoms with Crippen molar-refractivity contribution in [2.24, 2.45) is 0 Å². The summed E-state index contributed by atoms with van der Waals surface area (Å²) in [5.41, 5.74) is 3.24. The average Bonchev–Trinajstić information content (AvgIpc) is 3.31. The van der Waals surface area contributed by atoms with Crippen LogP contribution in [0.4, 0.5) is 5.95 Å². The topological polar surface area (TPSA) is 103 Å². The van der Waals surface area contributed by atoms with E-state index in [1.165, 1.54) is 18.0 Å². The van der Waals surface area contributed by atoms with Crippen molar-refractivity contribution in [3.05, 3.63) is 96.3 Å². The number of hydrogen-bond acceptors (Lipinski definition) is 7. The van der Waals surface area contributed by atoms with Crippen LogP contribution in [0.2, 0.25) is 0 Å². The fourth-order valence-electron chi connectivity index (χ4n) is 4.25. The van der Waals surface area contributed by atoms with E-state index in [-0.39, 0.29) is 29.3 Å². The molecule has 180 valence electrons. The van der Waals surface area contributed by atoms with Crippen LogP contribution < -0.4 is 5.32 Å². The van der Waals surface area contributed by atoms with Gasteiger partial charge in [0.1, 0.15) is 0 Å². The molecule has 0 bridgehead atoms. The molecule has 5 rings (SSSR count). The minimum Gasteiger partial charge on any atom is -0.298 e. The number of nitrogens with zero attached hydrogens (tertiary/aromatic N) is 5. The number of ketones is 1. The first-order chi connectivity index (χ1) is 17.6. The molecule has 0 aliphatic heterocycles. The second-order valence-corrected chi connectivity index (χ2v) is 9.34. The number of anilines is 1. The van der Waals surface area contributed by atoms with Crippen molar-refractivity contribution in [2.75, 3.05) is 11.1 Å². The number of hydrogen-bond donors (Lipinski definition) is 1. The molecule has 2 heterocycles. The zero-order valence-corrected chi connectivity index (χ0v) is 20.3. The highest BCUT2D eigenvalue weighted by Crippen LogP contribution is 2.32. The predicted molar refractivity (Wildman–Crippen MR) is 139 cm³/mol. The third kappa shape index (κ3) is 5.11. The van der Waals surface area contributed by atoms with Gasteiger partial charge in [0.05, 0.1) is 17.0 Å². The zero-order chi connectivity index (χ0) is 24.9. The standard InChI is InChI=1S/C27H24N6O2S/c1-2-13-33-25(19-11-7-4-8-12-19)31-32-27(33)36-17-24(35)30-26-28-16-21-22(29-26)14-20(15-23(21)34)18-9-5-3-6-10-18/h2-12,16,20H,1,13-15,17H2,(H,28,29,30,35)/t20-/m0/s1. The van der Waals surface area contributed by atoms with Crippen molar-refractivity contribution in [3.8, 4) is 11.4 Å². The highest BCUT2D eigenvalue weighted by Gasteiger charge is 2.28. The van der Waals surface area contributed by atoms with Crippen LogP contribution in [0.25, 0.3) is 11.4 Å². The van der Waals surface area contributed by atoms with Gasteiger partial charge in [-0.05, 0) is 17.9 Å². The summed E-state index contributed by atoms with van der Waals surface area (Å²) in [6.45, 7) is 4.34. The maximum atomic E-state index is 12.7. The van der Waals surface area contributed by atoms with Crippen LogP contribution in [0.1, 0.15) is 34.0 Å². The Morgan fingerprint density at radius 1 is 1.08 bits per heavy atom. The Balaban J connectivity index is 1.26. The monoisotopic (exact) mass is 496 g/mol. The molecule has 1 atom stereocenters. The Morgan fingerprint density at radius 2 is 1.83 bits per heavy atom. The largest absolute Gasteiger partial charge is 0.298 e. The van der Waals surface area contributed by atoms with Crippen molar-refractivity contribution in [2.45, 2.75) is 30.5 Å². The van der Waals surface area contributed by atoms with Crippen LogP contribution in [-0.4, -0.2) is 42.2 Å². The van der Waals surface area contributed by atoms with Gasteiger partial charge < -0.3 is 0 Å². The molecular weight excluding hydrogens is 472 g/mol. The van der Waals surface area contributed by atoms with E-state index in [2.05, 4.69) is 32.1 Å². The third-order valence-electron chi connectivity index (χ3n) is 5.95. The SMILES string of the molecule is C=CCn1c(SCC(=O)Nc2ncc3c(n2)C[C@H](c2ccccc2)CC3=O)nnc1-c1ccccc1. The number of fused-ring (bicyclic) bond motifs is 1. The van der Waals surface area contributed by atoms with Gasteiger partial charge >= 0.3 is 0 Å². The number of rotatable bonds is 8. The molecule has 9 heteroatoms. The maximum Gasteiger partial charge on any atom is 0.237 e. The molecule has 2 aromatic carbocycles. The van der Waals surface area contributed by atoms with Gasteiger partial charge in [-0.25, -0.2) is 9.97 Å². The van der Waals surface area contributed by atoms with Crippen LogP contribution in [-0.2, 0) is 17.8 Å². The molecular formula is C27H24N6O2S. The normalized spacial score (nSPS) is 14.8. The molecule has 1 amide bonds. The van der Waals surface area contributed by atoms with Crippen LogP contribution in [0.15, 0.2) is 84.7 Å². The minimum atomic E-state index is -0.267. The quantitative estimate of drug-likeness (QED) is 0.282. The predicted octanol–water partition coefficient (Wildman–Crippen LogP) is 4.56. The molecule has 0 saturated heterocycles. The summed E-state index contributed by atoms with van der Waals surface area (Å²) in [5.74, 6) is 0.837. The first kappa shape index (κ1) is 23.6. The molecule has 1 N–H and O–H groups in total. The summed E-state index contributed by atoms with van der Waals surface area (Å²) in [6.07, 6.45) is 4.34. The van der Waals surface area contributed by atoms with Gasteiger partial charge in [0.15, 0.2) is 16.8 Å². The lowest BCUT2D eigenvalue weighted by Crippen LogP contribution is -2.23. The Kier molecular flexibility index (Phi) is 6.99. The van der Waals surface area contributed by atoms with E-state index in [9.17, 15) is 9.59 Å². The number of allylic oxidation sites excluding steroid dienone is 1. The van der Waals surface area contributed by atoms with E-state index in [1.807, 2.05) is 65.2 Å². The van der Waals surface area contributed by atoms with Gasteiger partial charge in [-0.3, -0.25) is 19.5 Å². The Morgan fingerprint density at radius 3 is 2.58 bits per heavy atom. The molecule has 0 radical (unpaired) electrons. The summed E-state index contributed by atoms with van der Waals surface area (Å²) in [4.78, 5) is 34.1. The molecule has 1 aliphatic rings. The number of thioether (sulfide) groups is 1. The second-order valence-electron chi connectivity index (χ2n) is 8.40. The number of carbonyl (C=O) groups is 2. The summed E-state index contributed by atoms with van der Waals surface area (Å²) >= 11 is 1.28. The lowest BCUT2D eigenvalue weighted by molar-refractivity contribution is -0.113. The number of nitrogens with one attached hydrogen (secondary N) is 1. The Hall–Kier alpha value is -4.11. The highest BCUT2D eigenvalue weighted by atomic mass is 32.2. The van der Waals surface area contributed by atoms with E-state index in [4.69, 9.17) is 0 Å². The van der Waals surface area contributed by atoms with Crippen molar-refractivity contribution in [3.63, 3.8) is 0 Å². The van der Waals surface area contributed by atoms with Crippen LogP contribution in [0.5, 0.6) is 0 Å². The van der Waals surface area contributed by atoms with Crippen LogP contribution >= 0.6 is 11.8 Å². The van der Waals surface area contributed by atoms with Gasteiger partial charge in [0.25, 0.3) is 0 Å². The van der Waals surface area contributed by atoms with Crippen LogP contribution in [0, 0.1) is 0 Å². The fourth-order valence-corrected chi connectivity index (χ4v) is 4.99. The molecule has 4 aromatic rings. The first-order valence-electron chi connectivity index (χ1n) is 11.6. The van der Waals surface area contributed by atoms with E-state index < -0.39 is 0 Å². The third-order valence-corrected chi connectivity index (χ3v) is 6.92. The van der Waals surface area contributed by atoms with E-state index in [0.29, 0.717) is 41.6 Å². The highest BCUT2D eigenvalue weighted by molar-refractivity contribution is 7.99. The molecule has 1 aliphatic carbocycles. The smallest absolute Gasteiger partial charge is 0.237 e. The van der Waals surface area contributed by atoms with Crippen molar-refractivity contribution in [1.82, 2.24) is 24.7 Å². The van der Waals surface area contributed by atoms with Gasteiger partial charge in [-0.1, -0.05) is 78.5 Å². The molecule has 0 saturated carbocycles. The molecule has 8 nitrogen and oxygen atoms in total. The van der Waals surface area contributed by atoms with Crippen molar-refractivity contribution < 1.29 is 9.59 Å². The fraction of sp³-hybridized carbons (Fsp3) is 0.185. The lowest BCUT2D eigenvalue weighted by atomic mass is 9.82. The number of Topliss-reactive ketones (excluding diaryl/α,β-unsaturated/α-hetero) is 1. The van der Waals surface area contributed by atoms with Gasteiger partial charge in [-0.15, -0.1) is 16.8 Å². The van der Waals surface area contributed by atoms with Gasteiger partial charge in [0.2, 0.25) is 11.9 Å². The van der Waals surface area contributed by atoms with E-state index >= 15 is 0 Å². The number of carbonyl (C=O) groups excluding carboxylic acids is 2. The molecule has 0 fully saturated rings. The number of aromatic nitrogens is 5. The van der Waals surface area contributed by atoms with Crippen molar-refractivity contribution >= 4 is 29.4 Å². The molecule has 0 spiro atoms. The average molecular weight is 497 g/mol. The van der Waals surface area contributed by atoms with E-state index in [0.717, 1.165) is 11.1 Å². The number of benzene rings is 2. The maximum absolute atomic E-state index is 12.7. The molecule has 2 aromatic heterocycles. The minimum absolute atomic E-state index is 0.0225.